The van der Waals surface area contributed by atoms with E-state index in [1.54, 1.807) is 6.33 Å². The molecule has 110 valence electrons. The molecule has 2 N–H and O–H groups in total. The molecule has 1 saturated heterocycles. The van der Waals surface area contributed by atoms with Crippen molar-refractivity contribution >= 4 is 17.9 Å². The zero-order valence-electron chi connectivity index (χ0n) is 12.4. The molecule has 0 amide bonds. The Balaban J connectivity index is 2.15. The summed E-state index contributed by atoms with van der Waals surface area (Å²) in [6, 6.07) is 0. The quantitative estimate of drug-likeness (QED) is 0.608. The Morgan fingerprint density at radius 3 is 2.70 bits per heavy atom. The molecule has 0 saturated carbocycles. The first-order valence-electron chi connectivity index (χ1n) is 7.29. The molecule has 0 atom stereocenters. The first kappa shape index (κ1) is 14.7. The molecule has 1 fully saturated rings. The van der Waals surface area contributed by atoms with E-state index in [9.17, 15) is 0 Å². The van der Waals surface area contributed by atoms with Crippen LogP contribution in [0.3, 0.4) is 0 Å². The second-order valence-corrected chi connectivity index (χ2v) is 5.17. The predicted molar refractivity (Wildman–Crippen MR) is 83.0 cm³/mol. The summed E-state index contributed by atoms with van der Waals surface area (Å²) in [5.41, 5.74) is 0.799. The smallest absolute Gasteiger partial charge is 0.143 e. The van der Waals surface area contributed by atoms with E-state index in [4.69, 9.17) is 5.41 Å². The van der Waals surface area contributed by atoms with Gasteiger partial charge < -0.3 is 20.5 Å². The third-order valence-electron chi connectivity index (χ3n) is 3.63. The molecule has 1 aromatic heterocycles. The molecule has 0 unspecified atom stereocenters. The summed E-state index contributed by atoms with van der Waals surface area (Å²) >= 11 is 0. The minimum absolute atomic E-state index is 0.775. The number of nitrogens with zero attached hydrogens (tertiary/aromatic N) is 4. The van der Waals surface area contributed by atoms with Crippen molar-refractivity contribution in [3.05, 3.63) is 11.9 Å². The molecule has 6 heteroatoms. The number of unbranched alkanes of at least 4 members (excludes halogenated alkanes) is 1. The van der Waals surface area contributed by atoms with Gasteiger partial charge in [0.05, 0.1) is 5.56 Å². The van der Waals surface area contributed by atoms with Crippen LogP contribution in [-0.2, 0) is 0 Å². The molecule has 2 rings (SSSR count). The normalized spacial score (nSPS) is 16.2. The average Bonchev–Trinajstić information content (AvgIpc) is 2.48. The van der Waals surface area contributed by atoms with Crippen molar-refractivity contribution in [1.82, 2.24) is 14.9 Å². The van der Waals surface area contributed by atoms with Gasteiger partial charge in [0.1, 0.15) is 18.0 Å². The van der Waals surface area contributed by atoms with Gasteiger partial charge in [-0.25, -0.2) is 9.97 Å². The molecule has 2 heterocycles. The molecule has 0 aliphatic carbocycles. The highest BCUT2D eigenvalue weighted by Gasteiger charge is 2.19. The molecular weight excluding hydrogens is 252 g/mol. The van der Waals surface area contributed by atoms with E-state index in [1.807, 2.05) is 0 Å². The van der Waals surface area contributed by atoms with Gasteiger partial charge >= 0.3 is 0 Å². The Morgan fingerprint density at radius 2 is 2.05 bits per heavy atom. The van der Waals surface area contributed by atoms with Gasteiger partial charge in [-0.15, -0.1) is 0 Å². The Bertz CT molecular complexity index is 439. The second-order valence-electron chi connectivity index (χ2n) is 5.17. The Morgan fingerprint density at radius 1 is 1.30 bits per heavy atom. The van der Waals surface area contributed by atoms with Crippen LogP contribution in [0.25, 0.3) is 0 Å². The topological polar surface area (TPSA) is 68.1 Å². The molecule has 6 nitrogen and oxygen atoms in total. The standard InChI is InChI=1S/C14H24N6/c1-3-4-5-16-13-12(10-15)14(18-11-17-13)20-8-6-19(2)7-9-20/h10-11,15H,3-9H2,1-2H3,(H,16,17,18). The number of nitrogens with one attached hydrogen (secondary N) is 2. The largest absolute Gasteiger partial charge is 0.369 e. The fourth-order valence-electron chi connectivity index (χ4n) is 2.31. The monoisotopic (exact) mass is 276 g/mol. The van der Waals surface area contributed by atoms with Crippen LogP contribution in [0.4, 0.5) is 11.6 Å². The highest BCUT2D eigenvalue weighted by Crippen LogP contribution is 2.22. The van der Waals surface area contributed by atoms with Crippen molar-refractivity contribution in [2.45, 2.75) is 19.8 Å². The summed E-state index contributed by atoms with van der Waals surface area (Å²) in [4.78, 5) is 13.2. The number of rotatable bonds is 6. The average molecular weight is 276 g/mol. The summed E-state index contributed by atoms with van der Waals surface area (Å²) in [5.74, 6) is 1.65. The number of piperazine rings is 1. The predicted octanol–water partition coefficient (Wildman–Crippen LogP) is 1.44. The Kier molecular flexibility index (Phi) is 5.29. The van der Waals surface area contributed by atoms with Crippen molar-refractivity contribution in [2.75, 3.05) is 50.0 Å². The minimum atomic E-state index is 0.775. The minimum Gasteiger partial charge on any atom is -0.369 e. The van der Waals surface area contributed by atoms with Gasteiger partial charge in [-0.3, -0.25) is 0 Å². The maximum atomic E-state index is 7.68. The third kappa shape index (κ3) is 3.45. The third-order valence-corrected chi connectivity index (χ3v) is 3.63. The Labute approximate surface area is 120 Å². The fraction of sp³-hybridized carbons (Fsp3) is 0.643. The van der Waals surface area contributed by atoms with Crippen LogP contribution in [0.5, 0.6) is 0 Å². The molecular formula is C14H24N6. The highest BCUT2D eigenvalue weighted by molar-refractivity contribution is 5.90. The lowest BCUT2D eigenvalue weighted by Crippen LogP contribution is -2.45. The fourth-order valence-corrected chi connectivity index (χ4v) is 2.31. The van der Waals surface area contributed by atoms with Crippen LogP contribution >= 0.6 is 0 Å². The Hall–Kier alpha value is -1.69. The zero-order chi connectivity index (χ0) is 14.4. The molecule has 1 aromatic rings. The van der Waals surface area contributed by atoms with Crippen LogP contribution in [0.15, 0.2) is 6.33 Å². The second kappa shape index (κ2) is 7.19. The summed E-state index contributed by atoms with van der Waals surface area (Å²) in [6.45, 7) is 7.00. The number of hydrogen-bond donors (Lipinski definition) is 2. The van der Waals surface area contributed by atoms with Gasteiger partial charge in [0.15, 0.2) is 0 Å². The molecule has 20 heavy (non-hydrogen) atoms. The van der Waals surface area contributed by atoms with Crippen LogP contribution in [0, 0.1) is 5.41 Å². The van der Waals surface area contributed by atoms with E-state index >= 15 is 0 Å². The molecule has 0 spiro atoms. The maximum Gasteiger partial charge on any atom is 0.143 e. The van der Waals surface area contributed by atoms with Crippen molar-refractivity contribution in [1.29, 1.82) is 5.41 Å². The van der Waals surface area contributed by atoms with Gasteiger partial charge in [-0.2, -0.15) is 0 Å². The number of likely N-dealkylation sites (N-methyl/N-ethyl adjacent to an activating group) is 1. The van der Waals surface area contributed by atoms with Gasteiger partial charge in [0.2, 0.25) is 0 Å². The van der Waals surface area contributed by atoms with Crippen LogP contribution in [0.1, 0.15) is 25.3 Å². The summed E-state index contributed by atoms with van der Waals surface area (Å²) in [5, 5.41) is 11.0. The van der Waals surface area contributed by atoms with Gasteiger partial charge in [-0.1, -0.05) is 13.3 Å². The molecule has 0 radical (unpaired) electrons. The van der Waals surface area contributed by atoms with Crippen LogP contribution in [0.2, 0.25) is 0 Å². The first-order chi connectivity index (χ1) is 9.76. The lowest BCUT2D eigenvalue weighted by molar-refractivity contribution is 0.312. The number of aromatic nitrogens is 2. The maximum absolute atomic E-state index is 7.68. The van der Waals surface area contributed by atoms with Gasteiger partial charge in [0.25, 0.3) is 0 Å². The van der Waals surface area contributed by atoms with Crippen LogP contribution < -0.4 is 10.2 Å². The van der Waals surface area contributed by atoms with Crippen molar-refractivity contribution in [3.8, 4) is 0 Å². The van der Waals surface area contributed by atoms with E-state index in [0.717, 1.165) is 62.8 Å². The molecule has 1 aliphatic rings. The van der Waals surface area contributed by atoms with E-state index in [-0.39, 0.29) is 0 Å². The SMILES string of the molecule is CCCCNc1ncnc(N2CCN(C)CC2)c1C=N. The lowest BCUT2D eigenvalue weighted by atomic mass is 10.2. The van der Waals surface area contributed by atoms with Crippen LogP contribution in [-0.4, -0.2) is 60.9 Å². The summed E-state index contributed by atoms with van der Waals surface area (Å²) in [6.07, 6.45) is 5.20. The highest BCUT2D eigenvalue weighted by atomic mass is 15.3. The summed E-state index contributed by atoms with van der Waals surface area (Å²) in [7, 11) is 2.13. The van der Waals surface area contributed by atoms with Gasteiger partial charge in [0, 0.05) is 38.9 Å². The van der Waals surface area contributed by atoms with Crippen molar-refractivity contribution in [2.24, 2.45) is 0 Å². The molecule has 1 aliphatic heterocycles. The van der Waals surface area contributed by atoms with E-state index in [1.165, 1.54) is 6.21 Å². The number of hydrogen-bond acceptors (Lipinski definition) is 6. The molecule has 0 bridgehead atoms. The van der Waals surface area contributed by atoms with Crippen molar-refractivity contribution in [3.63, 3.8) is 0 Å². The van der Waals surface area contributed by atoms with Crippen molar-refractivity contribution < 1.29 is 0 Å². The van der Waals surface area contributed by atoms with E-state index in [2.05, 4.69) is 39.1 Å². The zero-order valence-corrected chi connectivity index (χ0v) is 12.4. The first-order valence-corrected chi connectivity index (χ1v) is 7.29. The summed E-state index contributed by atoms with van der Waals surface area (Å²) < 4.78 is 0. The lowest BCUT2D eigenvalue weighted by Gasteiger charge is -2.34. The molecule has 0 aromatic carbocycles. The van der Waals surface area contributed by atoms with E-state index in [0.29, 0.717) is 0 Å². The van der Waals surface area contributed by atoms with Gasteiger partial charge in [-0.05, 0) is 13.5 Å². The van der Waals surface area contributed by atoms with E-state index < -0.39 is 0 Å². The number of anilines is 2.